The monoisotopic (exact) mass is 209 g/mol. The van der Waals surface area contributed by atoms with E-state index in [0.29, 0.717) is 0 Å². The van der Waals surface area contributed by atoms with Crippen LogP contribution in [0.25, 0.3) is 0 Å². The van der Waals surface area contributed by atoms with Crippen LogP contribution in [-0.4, -0.2) is 16.5 Å². The van der Waals surface area contributed by atoms with E-state index in [1.54, 1.807) is 17.8 Å². The van der Waals surface area contributed by atoms with E-state index in [4.69, 9.17) is 0 Å². The average molecular weight is 209 g/mol. The SMILES string of the molecule is CC(=O)c1cc2c([nH]c1=O)CSCC2. The van der Waals surface area contributed by atoms with E-state index in [9.17, 15) is 9.59 Å². The Kier molecular flexibility index (Phi) is 2.46. The maximum atomic E-state index is 11.4. The van der Waals surface area contributed by atoms with Crippen LogP contribution < -0.4 is 5.56 Å². The summed E-state index contributed by atoms with van der Waals surface area (Å²) in [5.41, 5.74) is 2.14. The van der Waals surface area contributed by atoms with Crippen LogP contribution in [0, 0.1) is 0 Å². The van der Waals surface area contributed by atoms with Crippen molar-refractivity contribution in [2.24, 2.45) is 0 Å². The topological polar surface area (TPSA) is 49.9 Å². The highest BCUT2D eigenvalue weighted by Crippen LogP contribution is 2.22. The molecule has 0 spiro atoms. The smallest absolute Gasteiger partial charge is 0.259 e. The molecule has 2 heterocycles. The van der Waals surface area contributed by atoms with E-state index in [1.165, 1.54) is 6.92 Å². The molecule has 0 saturated carbocycles. The van der Waals surface area contributed by atoms with Gasteiger partial charge in [0.05, 0.1) is 5.56 Å². The number of nitrogens with one attached hydrogen (secondary N) is 1. The maximum absolute atomic E-state index is 11.4. The lowest BCUT2D eigenvalue weighted by Crippen LogP contribution is -2.21. The molecule has 0 amide bonds. The molecule has 1 N–H and O–H groups in total. The first-order chi connectivity index (χ1) is 6.68. The normalized spacial score (nSPS) is 14.9. The first kappa shape index (κ1) is 9.52. The van der Waals surface area contributed by atoms with Gasteiger partial charge in [-0.3, -0.25) is 9.59 Å². The fourth-order valence-corrected chi connectivity index (χ4v) is 2.55. The Bertz CT molecular complexity index is 436. The summed E-state index contributed by atoms with van der Waals surface area (Å²) in [7, 11) is 0. The second-order valence-electron chi connectivity index (χ2n) is 3.37. The third-order valence-electron chi connectivity index (χ3n) is 2.36. The third kappa shape index (κ3) is 1.62. The number of ketones is 1. The summed E-state index contributed by atoms with van der Waals surface area (Å²) < 4.78 is 0. The number of carbonyl (C=O) groups excluding carboxylic acids is 1. The van der Waals surface area contributed by atoms with Crippen molar-refractivity contribution in [2.75, 3.05) is 5.75 Å². The van der Waals surface area contributed by atoms with E-state index in [0.717, 1.165) is 29.2 Å². The maximum Gasteiger partial charge on any atom is 0.259 e. The Balaban J connectivity index is 2.56. The summed E-state index contributed by atoms with van der Waals surface area (Å²) in [6.45, 7) is 1.43. The number of carbonyl (C=O) groups is 1. The summed E-state index contributed by atoms with van der Waals surface area (Å²) in [5.74, 6) is 1.76. The second kappa shape index (κ2) is 3.61. The molecule has 74 valence electrons. The van der Waals surface area contributed by atoms with Gasteiger partial charge in [0.2, 0.25) is 0 Å². The second-order valence-corrected chi connectivity index (χ2v) is 4.48. The lowest BCUT2D eigenvalue weighted by atomic mass is 10.1. The lowest BCUT2D eigenvalue weighted by Gasteiger charge is -2.14. The van der Waals surface area contributed by atoms with Crippen LogP contribution in [0.4, 0.5) is 0 Å². The number of pyridine rings is 1. The first-order valence-electron chi connectivity index (χ1n) is 4.52. The summed E-state index contributed by atoms with van der Waals surface area (Å²) in [5, 5.41) is 0. The molecule has 1 aliphatic rings. The van der Waals surface area contributed by atoms with Gasteiger partial charge in [0.15, 0.2) is 5.78 Å². The zero-order chi connectivity index (χ0) is 10.1. The Labute approximate surface area is 85.9 Å². The van der Waals surface area contributed by atoms with Gasteiger partial charge in [0, 0.05) is 11.4 Å². The van der Waals surface area contributed by atoms with Crippen molar-refractivity contribution in [3.8, 4) is 0 Å². The van der Waals surface area contributed by atoms with Gasteiger partial charge in [-0.2, -0.15) is 11.8 Å². The number of fused-ring (bicyclic) bond motifs is 1. The van der Waals surface area contributed by atoms with E-state index in [1.807, 2.05) is 0 Å². The van der Waals surface area contributed by atoms with Crippen molar-refractivity contribution in [3.05, 3.63) is 33.2 Å². The number of aryl methyl sites for hydroxylation is 1. The molecule has 0 unspecified atom stereocenters. The minimum absolute atomic E-state index is 0.160. The van der Waals surface area contributed by atoms with Crippen molar-refractivity contribution in [2.45, 2.75) is 19.1 Å². The van der Waals surface area contributed by atoms with Crippen LogP contribution in [0.15, 0.2) is 10.9 Å². The predicted molar refractivity (Wildman–Crippen MR) is 56.9 cm³/mol. The molecule has 1 aromatic heterocycles. The molecular formula is C10H11NO2S. The van der Waals surface area contributed by atoms with Gasteiger partial charge in [-0.15, -0.1) is 0 Å². The zero-order valence-electron chi connectivity index (χ0n) is 7.92. The van der Waals surface area contributed by atoms with Crippen LogP contribution >= 0.6 is 11.8 Å². The van der Waals surface area contributed by atoms with Crippen LogP contribution in [0.3, 0.4) is 0 Å². The largest absolute Gasteiger partial charge is 0.324 e. The molecule has 3 nitrogen and oxygen atoms in total. The fraction of sp³-hybridized carbons (Fsp3) is 0.400. The standard InChI is InChI=1S/C10H11NO2S/c1-6(12)8-4-7-2-3-14-5-9(7)11-10(8)13/h4H,2-3,5H2,1H3,(H,11,13). The molecule has 1 aliphatic heterocycles. The van der Waals surface area contributed by atoms with Gasteiger partial charge in [-0.05, 0) is 30.7 Å². The molecule has 4 heteroatoms. The summed E-state index contributed by atoms with van der Waals surface area (Å²) in [4.78, 5) is 25.4. The number of H-pyrrole nitrogens is 1. The molecule has 0 bridgehead atoms. The van der Waals surface area contributed by atoms with Crippen molar-refractivity contribution < 1.29 is 4.79 Å². The molecule has 0 aliphatic carbocycles. The summed E-state index contributed by atoms with van der Waals surface area (Å²) in [6, 6.07) is 1.75. The molecule has 0 atom stereocenters. The van der Waals surface area contributed by atoms with Crippen molar-refractivity contribution >= 4 is 17.5 Å². The van der Waals surface area contributed by atoms with Gasteiger partial charge in [-0.1, -0.05) is 0 Å². The highest BCUT2D eigenvalue weighted by atomic mass is 32.2. The van der Waals surface area contributed by atoms with Gasteiger partial charge < -0.3 is 4.98 Å². The van der Waals surface area contributed by atoms with E-state index in [2.05, 4.69) is 4.98 Å². The van der Waals surface area contributed by atoms with Crippen LogP contribution in [0.1, 0.15) is 28.5 Å². The highest BCUT2D eigenvalue weighted by Gasteiger charge is 2.14. The highest BCUT2D eigenvalue weighted by molar-refractivity contribution is 7.98. The van der Waals surface area contributed by atoms with Crippen molar-refractivity contribution in [3.63, 3.8) is 0 Å². The molecule has 1 aromatic rings. The summed E-state index contributed by atoms with van der Waals surface area (Å²) >= 11 is 1.81. The first-order valence-corrected chi connectivity index (χ1v) is 5.67. The number of Topliss-reactive ketones (excluding diaryl/α,β-unsaturated/α-hetero) is 1. The summed E-state index contributed by atoms with van der Waals surface area (Å²) in [6.07, 6.45) is 0.942. The van der Waals surface area contributed by atoms with Gasteiger partial charge in [-0.25, -0.2) is 0 Å². The fourth-order valence-electron chi connectivity index (χ4n) is 1.58. The van der Waals surface area contributed by atoms with Gasteiger partial charge >= 0.3 is 0 Å². The number of thioether (sulfide) groups is 1. The minimum atomic E-state index is -0.251. The van der Waals surface area contributed by atoms with Crippen LogP contribution in [-0.2, 0) is 12.2 Å². The Morgan fingerprint density at radius 3 is 3.07 bits per heavy atom. The number of aromatic nitrogens is 1. The molecule has 0 aromatic carbocycles. The number of hydrogen-bond acceptors (Lipinski definition) is 3. The molecule has 2 rings (SSSR count). The van der Waals surface area contributed by atoms with E-state index < -0.39 is 0 Å². The Morgan fingerprint density at radius 1 is 1.57 bits per heavy atom. The molecule has 0 radical (unpaired) electrons. The molecular weight excluding hydrogens is 198 g/mol. The molecule has 0 fully saturated rings. The number of rotatable bonds is 1. The van der Waals surface area contributed by atoms with E-state index >= 15 is 0 Å². The lowest BCUT2D eigenvalue weighted by molar-refractivity contribution is 0.101. The molecule has 0 saturated heterocycles. The Hall–Kier alpha value is -1.03. The third-order valence-corrected chi connectivity index (χ3v) is 3.34. The van der Waals surface area contributed by atoms with Crippen LogP contribution in [0.2, 0.25) is 0 Å². The van der Waals surface area contributed by atoms with Gasteiger partial charge in [0.1, 0.15) is 0 Å². The van der Waals surface area contributed by atoms with Crippen LogP contribution in [0.5, 0.6) is 0 Å². The quantitative estimate of drug-likeness (QED) is 0.711. The Morgan fingerprint density at radius 2 is 2.36 bits per heavy atom. The van der Waals surface area contributed by atoms with Gasteiger partial charge in [0.25, 0.3) is 5.56 Å². The van der Waals surface area contributed by atoms with Crippen molar-refractivity contribution in [1.82, 2.24) is 4.98 Å². The number of aromatic amines is 1. The average Bonchev–Trinajstić information content (AvgIpc) is 2.16. The number of hydrogen-bond donors (Lipinski definition) is 1. The predicted octanol–water partition coefficient (Wildman–Crippen LogP) is 1.37. The zero-order valence-corrected chi connectivity index (χ0v) is 8.74. The van der Waals surface area contributed by atoms with Crippen molar-refractivity contribution in [1.29, 1.82) is 0 Å². The van der Waals surface area contributed by atoms with E-state index in [-0.39, 0.29) is 16.9 Å². The molecule has 14 heavy (non-hydrogen) atoms. The minimum Gasteiger partial charge on any atom is -0.324 e.